The first-order chi connectivity index (χ1) is 9.16. The summed E-state index contributed by atoms with van der Waals surface area (Å²) < 4.78 is 0. The van der Waals surface area contributed by atoms with Crippen molar-refractivity contribution in [1.29, 1.82) is 0 Å². The Morgan fingerprint density at radius 3 is 2.47 bits per heavy atom. The van der Waals surface area contributed by atoms with Crippen molar-refractivity contribution in [2.75, 3.05) is 0 Å². The number of thiophene rings is 1. The normalized spacial score (nSPS) is 15.9. The quantitative estimate of drug-likeness (QED) is 0.837. The number of benzene rings is 1. The third kappa shape index (κ3) is 4.16. The second kappa shape index (κ2) is 6.85. The molecule has 0 saturated heterocycles. The number of aliphatic hydroxyl groups excluding tert-OH is 1. The average Bonchev–Trinajstić information content (AvgIpc) is 2.93. The largest absolute Gasteiger partial charge is 0.388 e. The second-order valence-electron chi connectivity index (χ2n) is 5.01. The zero-order valence-corrected chi connectivity index (χ0v) is 12.2. The standard InChI is InChI=1S/C16H21NOS/c1-12(17-13(2)15-8-9-19-11-15)10-16(18)14-6-4-3-5-7-14/h3-9,11-13,16-18H,10H2,1-2H3. The molecule has 0 aliphatic carbocycles. The molecule has 0 spiro atoms. The van der Waals surface area contributed by atoms with E-state index in [1.807, 2.05) is 30.3 Å². The van der Waals surface area contributed by atoms with Gasteiger partial charge in [0.15, 0.2) is 0 Å². The highest BCUT2D eigenvalue weighted by Gasteiger charge is 2.14. The van der Waals surface area contributed by atoms with E-state index in [-0.39, 0.29) is 6.04 Å². The molecule has 0 amide bonds. The van der Waals surface area contributed by atoms with Crippen LogP contribution in [0.25, 0.3) is 0 Å². The van der Waals surface area contributed by atoms with Crippen LogP contribution in [0.5, 0.6) is 0 Å². The molecule has 1 aromatic carbocycles. The molecule has 0 aliphatic heterocycles. The molecule has 2 N–H and O–H groups in total. The Morgan fingerprint density at radius 1 is 1.11 bits per heavy atom. The molecule has 19 heavy (non-hydrogen) atoms. The monoisotopic (exact) mass is 275 g/mol. The summed E-state index contributed by atoms with van der Waals surface area (Å²) in [5.41, 5.74) is 2.30. The highest BCUT2D eigenvalue weighted by Crippen LogP contribution is 2.21. The highest BCUT2D eigenvalue weighted by atomic mass is 32.1. The number of nitrogens with one attached hydrogen (secondary N) is 1. The van der Waals surface area contributed by atoms with Gasteiger partial charge in [0, 0.05) is 12.1 Å². The average molecular weight is 275 g/mol. The molecule has 0 radical (unpaired) electrons. The minimum absolute atomic E-state index is 0.269. The fourth-order valence-electron chi connectivity index (χ4n) is 2.26. The van der Waals surface area contributed by atoms with Gasteiger partial charge in [-0.1, -0.05) is 30.3 Å². The molecule has 0 bridgehead atoms. The van der Waals surface area contributed by atoms with Crippen LogP contribution in [0.2, 0.25) is 0 Å². The van der Waals surface area contributed by atoms with Gasteiger partial charge in [0.05, 0.1) is 6.10 Å². The zero-order chi connectivity index (χ0) is 13.7. The van der Waals surface area contributed by atoms with Crippen LogP contribution in [0, 0.1) is 0 Å². The van der Waals surface area contributed by atoms with Crippen LogP contribution >= 0.6 is 11.3 Å². The van der Waals surface area contributed by atoms with Gasteiger partial charge < -0.3 is 10.4 Å². The van der Waals surface area contributed by atoms with Crippen molar-refractivity contribution in [2.45, 2.75) is 38.5 Å². The molecule has 0 fully saturated rings. The maximum absolute atomic E-state index is 10.2. The third-order valence-electron chi connectivity index (χ3n) is 3.34. The van der Waals surface area contributed by atoms with Crippen molar-refractivity contribution in [3.8, 4) is 0 Å². The molecule has 3 unspecified atom stereocenters. The summed E-state index contributed by atoms with van der Waals surface area (Å²) in [6.07, 6.45) is 0.316. The van der Waals surface area contributed by atoms with E-state index < -0.39 is 6.10 Å². The van der Waals surface area contributed by atoms with Gasteiger partial charge in [0.1, 0.15) is 0 Å². The van der Waals surface area contributed by atoms with Crippen molar-refractivity contribution in [2.24, 2.45) is 0 Å². The fraction of sp³-hybridized carbons (Fsp3) is 0.375. The van der Waals surface area contributed by atoms with Gasteiger partial charge >= 0.3 is 0 Å². The Hall–Kier alpha value is -1.16. The molecule has 1 heterocycles. The molecule has 3 atom stereocenters. The van der Waals surface area contributed by atoms with E-state index in [2.05, 4.69) is 36.0 Å². The first kappa shape index (κ1) is 14.3. The van der Waals surface area contributed by atoms with Gasteiger partial charge in [0.25, 0.3) is 0 Å². The predicted molar refractivity (Wildman–Crippen MR) is 81.4 cm³/mol. The molecule has 102 valence electrons. The van der Waals surface area contributed by atoms with E-state index in [9.17, 15) is 5.11 Å². The molecule has 0 saturated carbocycles. The molecule has 3 heteroatoms. The Bertz CT molecular complexity index is 469. The van der Waals surface area contributed by atoms with E-state index >= 15 is 0 Å². The first-order valence-electron chi connectivity index (χ1n) is 6.68. The van der Waals surface area contributed by atoms with Crippen molar-refractivity contribution < 1.29 is 5.11 Å². The summed E-state index contributed by atoms with van der Waals surface area (Å²) in [4.78, 5) is 0. The molecular formula is C16H21NOS. The lowest BCUT2D eigenvalue weighted by Crippen LogP contribution is -2.30. The number of hydrogen-bond donors (Lipinski definition) is 2. The van der Waals surface area contributed by atoms with Gasteiger partial charge in [-0.25, -0.2) is 0 Å². The highest BCUT2D eigenvalue weighted by molar-refractivity contribution is 7.07. The number of hydrogen-bond acceptors (Lipinski definition) is 3. The number of rotatable bonds is 6. The lowest BCUT2D eigenvalue weighted by atomic mass is 10.0. The lowest BCUT2D eigenvalue weighted by Gasteiger charge is -2.22. The van der Waals surface area contributed by atoms with E-state index in [0.717, 1.165) is 12.0 Å². The summed E-state index contributed by atoms with van der Waals surface area (Å²) in [6.45, 7) is 4.28. The smallest absolute Gasteiger partial charge is 0.0804 e. The van der Waals surface area contributed by atoms with Gasteiger partial charge in [-0.05, 0) is 48.2 Å². The number of aliphatic hydroxyl groups is 1. The molecular weight excluding hydrogens is 254 g/mol. The minimum Gasteiger partial charge on any atom is -0.388 e. The minimum atomic E-state index is -0.404. The predicted octanol–water partition coefficient (Wildman–Crippen LogP) is 3.91. The van der Waals surface area contributed by atoms with Crippen molar-refractivity contribution in [1.82, 2.24) is 5.32 Å². The summed E-state index contributed by atoms with van der Waals surface area (Å²) in [5, 5.41) is 18.0. The summed E-state index contributed by atoms with van der Waals surface area (Å²) in [5.74, 6) is 0. The van der Waals surface area contributed by atoms with E-state index in [4.69, 9.17) is 0 Å². The van der Waals surface area contributed by atoms with Gasteiger partial charge in [-0.15, -0.1) is 0 Å². The molecule has 1 aromatic heterocycles. The van der Waals surface area contributed by atoms with Gasteiger partial charge in [-0.3, -0.25) is 0 Å². The van der Waals surface area contributed by atoms with Crippen LogP contribution < -0.4 is 5.32 Å². The Balaban J connectivity index is 1.86. The van der Waals surface area contributed by atoms with Crippen LogP contribution in [0.1, 0.15) is 43.5 Å². The van der Waals surface area contributed by atoms with Crippen LogP contribution in [0.3, 0.4) is 0 Å². The second-order valence-corrected chi connectivity index (χ2v) is 5.79. The van der Waals surface area contributed by atoms with E-state index in [1.54, 1.807) is 11.3 Å². The Kier molecular flexibility index (Phi) is 5.14. The molecule has 2 nitrogen and oxygen atoms in total. The first-order valence-corrected chi connectivity index (χ1v) is 7.62. The van der Waals surface area contributed by atoms with E-state index in [1.165, 1.54) is 5.56 Å². The third-order valence-corrected chi connectivity index (χ3v) is 4.04. The van der Waals surface area contributed by atoms with Crippen LogP contribution in [0.15, 0.2) is 47.2 Å². The van der Waals surface area contributed by atoms with Crippen LogP contribution in [-0.4, -0.2) is 11.1 Å². The van der Waals surface area contributed by atoms with Crippen molar-refractivity contribution in [3.63, 3.8) is 0 Å². The van der Waals surface area contributed by atoms with Gasteiger partial charge in [-0.2, -0.15) is 11.3 Å². The van der Waals surface area contributed by atoms with Crippen molar-refractivity contribution in [3.05, 3.63) is 58.3 Å². The molecule has 2 rings (SSSR count). The fourth-order valence-corrected chi connectivity index (χ4v) is 3.01. The molecule has 2 aromatic rings. The zero-order valence-electron chi connectivity index (χ0n) is 11.4. The SMILES string of the molecule is CC(CC(O)c1ccccc1)NC(C)c1ccsc1. The van der Waals surface area contributed by atoms with Crippen LogP contribution in [0.4, 0.5) is 0 Å². The van der Waals surface area contributed by atoms with Crippen molar-refractivity contribution >= 4 is 11.3 Å². The Labute approximate surface area is 119 Å². The summed E-state index contributed by atoms with van der Waals surface area (Å²) >= 11 is 1.72. The van der Waals surface area contributed by atoms with Crippen LogP contribution in [-0.2, 0) is 0 Å². The lowest BCUT2D eigenvalue weighted by molar-refractivity contribution is 0.152. The molecule has 0 aliphatic rings. The maximum atomic E-state index is 10.2. The summed E-state index contributed by atoms with van der Waals surface area (Å²) in [7, 11) is 0. The van der Waals surface area contributed by atoms with Gasteiger partial charge in [0.2, 0.25) is 0 Å². The summed E-state index contributed by atoms with van der Waals surface area (Å²) in [6, 6.07) is 12.6. The topological polar surface area (TPSA) is 32.3 Å². The van der Waals surface area contributed by atoms with E-state index in [0.29, 0.717) is 6.04 Å². The Morgan fingerprint density at radius 2 is 1.84 bits per heavy atom. The maximum Gasteiger partial charge on any atom is 0.0804 e.